The first kappa shape index (κ1) is 8.99. The molecule has 0 rings (SSSR count). The molecule has 3 heteroatoms. The quantitative estimate of drug-likeness (QED) is 0.461. The Balaban J connectivity index is 3.13. The molecule has 0 fully saturated rings. The third-order valence-electron chi connectivity index (χ3n) is 0.702. The Labute approximate surface area is 60.0 Å². The van der Waals surface area contributed by atoms with Crippen LogP contribution in [0.5, 0.6) is 0 Å². The van der Waals surface area contributed by atoms with Gasteiger partial charge in [-0.25, -0.2) is 4.79 Å². The van der Waals surface area contributed by atoms with E-state index in [0.29, 0.717) is 0 Å². The molecular formula is C7H10O3. The van der Waals surface area contributed by atoms with Gasteiger partial charge in [-0.05, 0) is 0 Å². The van der Waals surface area contributed by atoms with Gasteiger partial charge in [0.2, 0.25) is 0 Å². The summed E-state index contributed by atoms with van der Waals surface area (Å²) in [5, 5.41) is 8.10. The summed E-state index contributed by atoms with van der Waals surface area (Å²) in [6.07, 6.45) is 0.774. The Morgan fingerprint density at radius 2 is 2.30 bits per heavy atom. The summed E-state index contributed by atoms with van der Waals surface area (Å²) in [6.45, 7) is 1.86. The highest BCUT2D eigenvalue weighted by Gasteiger charge is 1.91. The zero-order valence-corrected chi connectivity index (χ0v) is 5.89. The van der Waals surface area contributed by atoms with Crippen LogP contribution in [0.15, 0.2) is 0 Å². The van der Waals surface area contributed by atoms with E-state index < -0.39 is 5.97 Å². The molecule has 0 aromatic rings. The van der Waals surface area contributed by atoms with E-state index in [0.717, 1.165) is 6.42 Å². The van der Waals surface area contributed by atoms with Crippen LogP contribution in [0.1, 0.15) is 13.3 Å². The minimum atomic E-state index is -0.960. The fourth-order valence-corrected chi connectivity index (χ4v) is 0.365. The molecule has 0 unspecified atom stereocenters. The molecule has 0 aliphatic rings. The molecular weight excluding hydrogens is 132 g/mol. The van der Waals surface area contributed by atoms with Gasteiger partial charge < -0.3 is 9.84 Å². The van der Waals surface area contributed by atoms with Crippen LogP contribution in [0.3, 0.4) is 0 Å². The Morgan fingerprint density at radius 1 is 1.60 bits per heavy atom. The molecule has 0 saturated carbocycles. The van der Waals surface area contributed by atoms with Crippen molar-refractivity contribution in [2.75, 3.05) is 13.2 Å². The van der Waals surface area contributed by atoms with Crippen molar-refractivity contribution in [1.29, 1.82) is 0 Å². The van der Waals surface area contributed by atoms with Crippen LogP contribution in [-0.2, 0) is 9.53 Å². The SMILES string of the molecule is CCC#CCOCC(=O)O. The second-order valence-corrected chi connectivity index (χ2v) is 1.59. The maximum absolute atomic E-state index is 9.86. The number of carboxylic acids is 1. The van der Waals surface area contributed by atoms with E-state index in [-0.39, 0.29) is 13.2 Å². The monoisotopic (exact) mass is 142 g/mol. The zero-order chi connectivity index (χ0) is 7.82. The summed E-state index contributed by atoms with van der Waals surface area (Å²) in [7, 11) is 0. The van der Waals surface area contributed by atoms with Gasteiger partial charge in [0.05, 0.1) is 0 Å². The lowest BCUT2D eigenvalue weighted by Crippen LogP contribution is -2.06. The lowest BCUT2D eigenvalue weighted by Gasteiger charge is -1.90. The van der Waals surface area contributed by atoms with Crippen molar-refractivity contribution < 1.29 is 14.6 Å². The van der Waals surface area contributed by atoms with Crippen LogP contribution in [0.4, 0.5) is 0 Å². The van der Waals surface area contributed by atoms with E-state index in [2.05, 4.69) is 16.6 Å². The van der Waals surface area contributed by atoms with Gasteiger partial charge >= 0.3 is 5.97 Å². The minimum absolute atomic E-state index is 0.208. The van der Waals surface area contributed by atoms with Gasteiger partial charge in [0.1, 0.15) is 13.2 Å². The average Bonchev–Trinajstić information content (AvgIpc) is 1.87. The number of hydrogen-bond acceptors (Lipinski definition) is 2. The molecule has 0 aromatic carbocycles. The Bertz CT molecular complexity index is 152. The summed E-state index contributed by atoms with van der Waals surface area (Å²) in [5.41, 5.74) is 0. The van der Waals surface area contributed by atoms with E-state index in [1.807, 2.05) is 6.92 Å². The van der Waals surface area contributed by atoms with E-state index >= 15 is 0 Å². The van der Waals surface area contributed by atoms with Crippen LogP contribution in [-0.4, -0.2) is 24.3 Å². The maximum Gasteiger partial charge on any atom is 0.329 e. The van der Waals surface area contributed by atoms with Gasteiger partial charge in [0.15, 0.2) is 0 Å². The third kappa shape index (κ3) is 6.99. The van der Waals surface area contributed by atoms with Crippen molar-refractivity contribution in [3.63, 3.8) is 0 Å². The standard InChI is InChI=1S/C7H10O3/c1-2-3-4-5-10-6-7(8)9/h2,5-6H2,1H3,(H,8,9). The van der Waals surface area contributed by atoms with Crippen LogP contribution in [0.2, 0.25) is 0 Å². The summed E-state index contributed by atoms with van der Waals surface area (Å²) in [5.74, 6) is 4.45. The van der Waals surface area contributed by atoms with Gasteiger partial charge in [-0.15, -0.1) is 5.92 Å². The number of carbonyl (C=O) groups is 1. The smallest absolute Gasteiger partial charge is 0.329 e. The summed E-state index contributed by atoms with van der Waals surface area (Å²) in [6, 6.07) is 0. The number of hydrogen-bond donors (Lipinski definition) is 1. The first-order chi connectivity index (χ1) is 4.77. The Hall–Kier alpha value is -1.01. The second kappa shape index (κ2) is 6.12. The summed E-state index contributed by atoms with van der Waals surface area (Å²) in [4.78, 5) is 9.86. The lowest BCUT2D eigenvalue weighted by atomic mass is 10.5. The largest absolute Gasteiger partial charge is 0.480 e. The maximum atomic E-state index is 9.86. The highest BCUT2D eigenvalue weighted by molar-refractivity contribution is 5.68. The van der Waals surface area contributed by atoms with E-state index in [9.17, 15) is 4.79 Å². The number of rotatable bonds is 3. The molecule has 1 N–H and O–H groups in total. The van der Waals surface area contributed by atoms with Crippen LogP contribution in [0.25, 0.3) is 0 Å². The molecule has 0 bridgehead atoms. The van der Waals surface area contributed by atoms with Gasteiger partial charge in [-0.2, -0.15) is 0 Å². The fraction of sp³-hybridized carbons (Fsp3) is 0.571. The van der Waals surface area contributed by atoms with E-state index in [1.54, 1.807) is 0 Å². The molecule has 10 heavy (non-hydrogen) atoms. The zero-order valence-electron chi connectivity index (χ0n) is 5.89. The topological polar surface area (TPSA) is 46.5 Å². The van der Waals surface area contributed by atoms with Crippen molar-refractivity contribution in [2.45, 2.75) is 13.3 Å². The van der Waals surface area contributed by atoms with Crippen molar-refractivity contribution in [1.82, 2.24) is 0 Å². The van der Waals surface area contributed by atoms with Crippen molar-refractivity contribution >= 4 is 5.97 Å². The van der Waals surface area contributed by atoms with Crippen LogP contribution in [0, 0.1) is 11.8 Å². The predicted octanol–water partition coefficient (Wildman–Crippen LogP) is 0.501. The first-order valence-corrected chi connectivity index (χ1v) is 3.02. The van der Waals surface area contributed by atoms with Crippen molar-refractivity contribution in [3.8, 4) is 11.8 Å². The van der Waals surface area contributed by atoms with E-state index in [1.165, 1.54) is 0 Å². The molecule has 0 spiro atoms. The molecule has 0 aromatic heterocycles. The molecule has 0 saturated heterocycles. The van der Waals surface area contributed by atoms with Crippen LogP contribution >= 0.6 is 0 Å². The van der Waals surface area contributed by atoms with Gasteiger partial charge in [0.25, 0.3) is 0 Å². The molecule has 0 amide bonds. The third-order valence-corrected chi connectivity index (χ3v) is 0.702. The summed E-state index contributed by atoms with van der Waals surface area (Å²) >= 11 is 0. The van der Waals surface area contributed by atoms with Gasteiger partial charge in [-0.3, -0.25) is 0 Å². The van der Waals surface area contributed by atoms with Crippen LogP contribution < -0.4 is 0 Å². The molecule has 0 atom stereocenters. The highest BCUT2D eigenvalue weighted by atomic mass is 16.5. The average molecular weight is 142 g/mol. The Morgan fingerprint density at radius 3 is 2.80 bits per heavy atom. The molecule has 0 aliphatic carbocycles. The molecule has 3 nitrogen and oxygen atoms in total. The van der Waals surface area contributed by atoms with Crippen molar-refractivity contribution in [2.24, 2.45) is 0 Å². The van der Waals surface area contributed by atoms with E-state index in [4.69, 9.17) is 5.11 Å². The first-order valence-electron chi connectivity index (χ1n) is 3.02. The molecule has 56 valence electrons. The fourth-order valence-electron chi connectivity index (χ4n) is 0.365. The normalized spacial score (nSPS) is 8.10. The van der Waals surface area contributed by atoms with Crippen molar-refractivity contribution in [3.05, 3.63) is 0 Å². The van der Waals surface area contributed by atoms with Gasteiger partial charge in [-0.1, -0.05) is 12.8 Å². The second-order valence-electron chi connectivity index (χ2n) is 1.59. The number of ether oxygens (including phenoxy) is 1. The molecule has 0 heterocycles. The Kier molecular flexibility index (Phi) is 5.50. The number of aliphatic carboxylic acids is 1. The minimum Gasteiger partial charge on any atom is -0.480 e. The van der Waals surface area contributed by atoms with Gasteiger partial charge in [0, 0.05) is 6.42 Å². The summed E-state index contributed by atoms with van der Waals surface area (Å²) < 4.78 is 4.62. The molecule has 0 radical (unpaired) electrons. The molecule has 0 aliphatic heterocycles. The lowest BCUT2D eigenvalue weighted by molar-refractivity contribution is -0.141. The number of carboxylic acid groups (broad SMARTS) is 1. The predicted molar refractivity (Wildman–Crippen MR) is 36.5 cm³/mol. The highest BCUT2D eigenvalue weighted by Crippen LogP contribution is 1.73.